The van der Waals surface area contributed by atoms with Gasteiger partial charge < -0.3 is 18.9 Å². The average Bonchev–Trinajstić information content (AvgIpc) is 2.83. The Morgan fingerprint density at radius 2 is 1.62 bits per heavy atom. The number of rotatable bonds is 10. The second-order valence-corrected chi connectivity index (χ2v) is 7.02. The number of hydrogen-bond acceptors (Lipinski definition) is 6. The van der Waals surface area contributed by atoms with E-state index in [1.165, 1.54) is 6.21 Å². The van der Waals surface area contributed by atoms with E-state index >= 15 is 0 Å². The van der Waals surface area contributed by atoms with Gasteiger partial charge in [0.2, 0.25) is 0 Å². The maximum absolute atomic E-state index is 11.9. The second kappa shape index (κ2) is 11.6. The molecule has 32 heavy (non-hydrogen) atoms. The van der Waals surface area contributed by atoms with Crippen molar-refractivity contribution >= 4 is 23.7 Å². The number of nitrogens with zero attached hydrogens (tertiary/aromatic N) is 1. The van der Waals surface area contributed by atoms with E-state index in [2.05, 4.69) is 10.5 Å². The predicted octanol–water partition coefficient (Wildman–Crippen LogP) is 4.47. The highest BCUT2D eigenvalue weighted by molar-refractivity contribution is 6.30. The molecule has 0 aromatic heterocycles. The minimum atomic E-state index is -0.382. The first-order valence-electron chi connectivity index (χ1n) is 9.71. The molecule has 0 fully saturated rings. The molecule has 1 amide bonds. The topological polar surface area (TPSA) is 78.4 Å². The van der Waals surface area contributed by atoms with Crippen LogP contribution in [0.3, 0.4) is 0 Å². The van der Waals surface area contributed by atoms with Crippen LogP contribution in [0.1, 0.15) is 11.1 Å². The van der Waals surface area contributed by atoms with Gasteiger partial charge in [-0.15, -0.1) is 0 Å². The van der Waals surface area contributed by atoms with Gasteiger partial charge in [0.1, 0.15) is 18.1 Å². The number of amides is 1. The van der Waals surface area contributed by atoms with Gasteiger partial charge >= 0.3 is 0 Å². The van der Waals surface area contributed by atoms with E-state index < -0.39 is 0 Å². The van der Waals surface area contributed by atoms with Crippen LogP contribution < -0.4 is 24.4 Å². The van der Waals surface area contributed by atoms with Crippen LogP contribution >= 0.6 is 11.6 Å². The molecule has 1 N–H and O–H groups in total. The molecule has 0 saturated carbocycles. The van der Waals surface area contributed by atoms with Crippen LogP contribution in [-0.4, -0.2) is 32.9 Å². The quantitative estimate of drug-likeness (QED) is 0.361. The number of benzene rings is 3. The van der Waals surface area contributed by atoms with Crippen LogP contribution in [0.25, 0.3) is 0 Å². The minimum absolute atomic E-state index is 0.162. The molecule has 166 valence electrons. The predicted molar refractivity (Wildman–Crippen MR) is 123 cm³/mol. The summed E-state index contributed by atoms with van der Waals surface area (Å²) < 4.78 is 21.7. The SMILES string of the molecule is COc1ccc(OCC(=O)NN=Cc2ccc(OCc3ccc(Cl)cc3)c(OC)c2)cc1. The molecule has 0 aliphatic rings. The van der Waals surface area contributed by atoms with Gasteiger partial charge in [0, 0.05) is 5.02 Å². The summed E-state index contributed by atoms with van der Waals surface area (Å²) in [5.74, 6) is 2.03. The van der Waals surface area contributed by atoms with Crippen molar-refractivity contribution in [1.82, 2.24) is 5.43 Å². The van der Waals surface area contributed by atoms with Crippen molar-refractivity contribution in [2.24, 2.45) is 5.10 Å². The first-order chi connectivity index (χ1) is 15.6. The molecular weight excluding hydrogens is 432 g/mol. The molecule has 0 unspecified atom stereocenters. The Balaban J connectivity index is 1.50. The highest BCUT2D eigenvalue weighted by atomic mass is 35.5. The summed E-state index contributed by atoms with van der Waals surface area (Å²) in [6.07, 6.45) is 1.51. The van der Waals surface area contributed by atoms with Crippen molar-refractivity contribution in [3.8, 4) is 23.0 Å². The molecule has 7 nitrogen and oxygen atoms in total. The zero-order valence-corrected chi connectivity index (χ0v) is 18.5. The lowest BCUT2D eigenvalue weighted by molar-refractivity contribution is -0.123. The number of ether oxygens (including phenoxy) is 4. The van der Waals surface area contributed by atoms with Gasteiger partial charge in [0.25, 0.3) is 5.91 Å². The summed E-state index contributed by atoms with van der Waals surface area (Å²) in [6, 6.07) is 19.7. The summed E-state index contributed by atoms with van der Waals surface area (Å²) >= 11 is 5.90. The van der Waals surface area contributed by atoms with Crippen LogP contribution in [0.15, 0.2) is 71.8 Å². The first-order valence-corrected chi connectivity index (χ1v) is 10.1. The average molecular weight is 455 g/mol. The molecule has 3 rings (SSSR count). The van der Waals surface area contributed by atoms with Gasteiger partial charge in [-0.1, -0.05) is 23.7 Å². The van der Waals surface area contributed by atoms with Crippen molar-refractivity contribution in [3.05, 3.63) is 82.9 Å². The Hall–Kier alpha value is -3.71. The molecule has 8 heteroatoms. The van der Waals surface area contributed by atoms with Crippen LogP contribution in [-0.2, 0) is 11.4 Å². The molecule has 0 heterocycles. The zero-order valence-electron chi connectivity index (χ0n) is 17.7. The van der Waals surface area contributed by atoms with E-state index in [9.17, 15) is 4.79 Å². The lowest BCUT2D eigenvalue weighted by Crippen LogP contribution is -2.24. The number of methoxy groups -OCH3 is 2. The van der Waals surface area contributed by atoms with E-state index in [1.54, 1.807) is 50.6 Å². The monoisotopic (exact) mass is 454 g/mol. The van der Waals surface area contributed by atoms with Crippen molar-refractivity contribution < 1.29 is 23.7 Å². The maximum atomic E-state index is 11.9. The fourth-order valence-corrected chi connectivity index (χ4v) is 2.78. The smallest absolute Gasteiger partial charge is 0.277 e. The van der Waals surface area contributed by atoms with E-state index in [4.69, 9.17) is 30.5 Å². The molecule has 0 atom stereocenters. The van der Waals surface area contributed by atoms with E-state index in [0.717, 1.165) is 11.1 Å². The largest absolute Gasteiger partial charge is 0.497 e. The maximum Gasteiger partial charge on any atom is 0.277 e. The molecule has 0 aliphatic carbocycles. The standard InChI is InChI=1S/C24H23ClN2O5/c1-29-20-8-10-21(11-9-20)31-16-24(28)27-26-14-18-5-12-22(23(13-18)30-2)32-15-17-3-6-19(25)7-4-17/h3-14H,15-16H2,1-2H3,(H,27,28). The van der Waals surface area contributed by atoms with Gasteiger partial charge in [0.05, 0.1) is 20.4 Å². The third-order valence-electron chi connectivity index (χ3n) is 4.33. The normalized spacial score (nSPS) is 10.6. The fourth-order valence-electron chi connectivity index (χ4n) is 2.66. The van der Waals surface area contributed by atoms with Crippen LogP contribution in [0.5, 0.6) is 23.0 Å². The number of carbonyl (C=O) groups is 1. The summed E-state index contributed by atoms with van der Waals surface area (Å²) in [6.45, 7) is 0.218. The first kappa shape index (κ1) is 23.0. The van der Waals surface area contributed by atoms with Gasteiger partial charge in [-0.05, 0) is 65.7 Å². The Morgan fingerprint density at radius 1 is 0.906 bits per heavy atom. The summed E-state index contributed by atoms with van der Waals surface area (Å²) in [5, 5.41) is 4.63. The highest BCUT2D eigenvalue weighted by Crippen LogP contribution is 2.28. The molecule has 0 saturated heterocycles. The van der Waals surface area contributed by atoms with Crippen molar-refractivity contribution in [3.63, 3.8) is 0 Å². The third-order valence-corrected chi connectivity index (χ3v) is 4.58. The van der Waals surface area contributed by atoms with E-state index in [-0.39, 0.29) is 12.5 Å². The number of carbonyl (C=O) groups excluding carboxylic acids is 1. The van der Waals surface area contributed by atoms with Gasteiger partial charge in [-0.3, -0.25) is 4.79 Å². The molecule has 3 aromatic rings. The Morgan fingerprint density at radius 3 is 2.31 bits per heavy atom. The Bertz CT molecular complexity index is 1050. The number of hydrazone groups is 1. The zero-order chi connectivity index (χ0) is 22.8. The minimum Gasteiger partial charge on any atom is -0.497 e. The summed E-state index contributed by atoms with van der Waals surface area (Å²) in [5.41, 5.74) is 4.15. The van der Waals surface area contributed by atoms with E-state index in [1.807, 2.05) is 30.3 Å². The Kier molecular flexibility index (Phi) is 8.34. The van der Waals surface area contributed by atoms with Gasteiger partial charge in [0.15, 0.2) is 18.1 Å². The second-order valence-electron chi connectivity index (χ2n) is 6.58. The number of hydrogen-bond donors (Lipinski definition) is 1. The van der Waals surface area contributed by atoms with Crippen molar-refractivity contribution in [2.75, 3.05) is 20.8 Å². The Labute approximate surface area is 191 Å². The van der Waals surface area contributed by atoms with Crippen molar-refractivity contribution in [1.29, 1.82) is 0 Å². The lowest BCUT2D eigenvalue weighted by atomic mass is 10.2. The third kappa shape index (κ3) is 6.92. The van der Waals surface area contributed by atoms with Gasteiger partial charge in [-0.2, -0.15) is 5.10 Å². The molecule has 0 aliphatic heterocycles. The lowest BCUT2D eigenvalue weighted by Gasteiger charge is -2.11. The highest BCUT2D eigenvalue weighted by Gasteiger charge is 2.06. The molecular formula is C24H23ClN2O5. The van der Waals surface area contributed by atoms with Crippen LogP contribution in [0, 0.1) is 0 Å². The molecule has 3 aromatic carbocycles. The van der Waals surface area contributed by atoms with E-state index in [0.29, 0.717) is 34.6 Å². The number of halogens is 1. The summed E-state index contributed by atoms with van der Waals surface area (Å²) in [4.78, 5) is 11.9. The molecule has 0 spiro atoms. The molecule has 0 bridgehead atoms. The van der Waals surface area contributed by atoms with Crippen LogP contribution in [0.2, 0.25) is 5.02 Å². The summed E-state index contributed by atoms with van der Waals surface area (Å²) in [7, 11) is 3.14. The van der Waals surface area contributed by atoms with Crippen LogP contribution in [0.4, 0.5) is 0 Å². The van der Waals surface area contributed by atoms with Crippen molar-refractivity contribution in [2.45, 2.75) is 6.61 Å². The fraction of sp³-hybridized carbons (Fsp3) is 0.167. The van der Waals surface area contributed by atoms with Gasteiger partial charge in [-0.25, -0.2) is 5.43 Å². The molecule has 0 radical (unpaired) electrons. The number of nitrogens with one attached hydrogen (secondary N) is 1.